The molecule has 1 saturated heterocycles. The Morgan fingerprint density at radius 1 is 1.09 bits per heavy atom. The fourth-order valence-corrected chi connectivity index (χ4v) is 2.97. The third kappa shape index (κ3) is 4.66. The third-order valence-corrected chi connectivity index (χ3v) is 4.99. The summed E-state index contributed by atoms with van der Waals surface area (Å²) in [7, 11) is 2.72. The Morgan fingerprint density at radius 2 is 1.66 bits per heavy atom. The van der Waals surface area contributed by atoms with E-state index < -0.39 is 41.5 Å². The number of hydrogen-bond acceptors (Lipinski definition) is 7. The average Bonchev–Trinajstić information content (AvgIpc) is 2.71. The van der Waals surface area contributed by atoms with Crippen LogP contribution < -0.4 is 10.1 Å². The molecule has 0 atom stereocenters. The molecule has 9 nitrogen and oxygen atoms in total. The van der Waals surface area contributed by atoms with Crippen molar-refractivity contribution in [2.75, 3.05) is 19.4 Å². The Bertz CT molecular complexity index is 1080. The quantitative estimate of drug-likeness (QED) is 0.544. The van der Waals surface area contributed by atoms with E-state index in [2.05, 4.69) is 15.3 Å². The van der Waals surface area contributed by atoms with E-state index >= 15 is 0 Å². The largest absolute Gasteiger partial charge is 0.433 e. The highest BCUT2D eigenvalue weighted by Gasteiger charge is 2.45. The lowest BCUT2D eigenvalue weighted by Gasteiger charge is -2.34. The smallest absolute Gasteiger partial charge is 0.424 e. The van der Waals surface area contributed by atoms with Crippen LogP contribution in [0.15, 0.2) is 30.3 Å². The number of anilines is 1. The molecule has 3 rings (SSSR count). The van der Waals surface area contributed by atoms with Gasteiger partial charge in [-0.05, 0) is 49.5 Å². The van der Waals surface area contributed by atoms with Crippen molar-refractivity contribution in [3.63, 3.8) is 0 Å². The van der Waals surface area contributed by atoms with Crippen LogP contribution in [-0.4, -0.2) is 56.7 Å². The first-order chi connectivity index (χ1) is 14.9. The van der Waals surface area contributed by atoms with Crippen LogP contribution in [0.3, 0.4) is 0 Å². The van der Waals surface area contributed by atoms with Crippen molar-refractivity contribution in [2.24, 2.45) is 5.92 Å². The van der Waals surface area contributed by atoms with Crippen molar-refractivity contribution < 1.29 is 32.3 Å². The number of benzene rings is 1. The van der Waals surface area contributed by atoms with Gasteiger partial charge in [0.1, 0.15) is 5.75 Å². The Morgan fingerprint density at radius 3 is 2.19 bits per heavy atom. The van der Waals surface area contributed by atoms with Crippen LogP contribution in [0.25, 0.3) is 0 Å². The monoisotopic (exact) mass is 467 g/mol. The molecular weight excluding hydrogens is 451 g/mol. The fourth-order valence-electron chi connectivity index (χ4n) is 2.79. The van der Waals surface area contributed by atoms with Gasteiger partial charge in [-0.25, -0.2) is 4.98 Å². The van der Waals surface area contributed by atoms with Gasteiger partial charge in [-0.2, -0.15) is 18.2 Å². The van der Waals surface area contributed by atoms with Gasteiger partial charge in [0.25, 0.3) is 11.8 Å². The lowest BCUT2D eigenvalue weighted by atomic mass is 10.0. The van der Waals surface area contributed by atoms with Gasteiger partial charge in [0, 0.05) is 25.5 Å². The summed E-state index contributed by atoms with van der Waals surface area (Å²) in [5, 5.41) is 2.43. The SMILES string of the molecule is Cc1cc(C(F)(F)F)nc(Oc2ccc(NC(=O)C3C(=O)N(C)C(=S)N(C)C3=O)cc2)n1. The molecule has 1 fully saturated rings. The summed E-state index contributed by atoms with van der Waals surface area (Å²) in [5.41, 5.74) is -0.842. The van der Waals surface area contributed by atoms with Crippen LogP contribution in [-0.2, 0) is 20.6 Å². The number of ether oxygens (including phenoxy) is 1. The minimum Gasteiger partial charge on any atom is -0.424 e. The van der Waals surface area contributed by atoms with Crippen molar-refractivity contribution in [1.82, 2.24) is 19.8 Å². The van der Waals surface area contributed by atoms with Gasteiger partial charge in [-0.1, -0.05) is 0 Å². The summed E-state index contributed by atoms with van der Waals surface area (Å²) < 4.78 is 44.0. The number of carbonyl (C=O) groups is 3. The fraction of sp³-hybridized carbons (Fsp3) is 0.263. The second-order valence-corrected chi connectivity index (χ2v) is 7.17. The van der Waals surface area contributed by atoms with Crippen molar-refractivity contribution in [3.05, 3.63) is 41.7 Å². The van der Waals surface area contributed by atoms with Crippen LogP contribution in [0.5, 0.6) is 11.8 Å². The summed E-state index contributed by atoms with van der Waals surface area (Å²) in [6, 6.07) is 5.77. The van der Waals surface area contributed by atoms with Gasteiger partial charge in [0.15, 0.2) is 16.7 Å². The molecule has 0 saturated carbocycles. The van der Waals surface area contributed by atoms with E-state index in [0.29, 0.717) is 0 Å². The van der Waals surface area contributed by atoms with Gasteiger partial charge < -0.3 is 10.1 Å². The molecule has 32 heavy (non-hydrogen) atoms. The molecule has 0 bridgehead atoms. The van der Waals surface area contributed by atoms with Gasteiger partial charge in [0.2, 0.25) is 5.91 Å². The summed E-state index contributed by atoms with van der Waals surface area (Å²) in [5.74, 6) is -3.86. The summed E-state index contributed by atoms with van der Waals surface area (Å²) in [6.45, 7) is 1.37. The first-order valence-electron chi connectivity index (χ1n) is 8.99. The van der Waals surface area contributed by atoms with Crippen LogP contribution >= 0.6 is 12.2 Å². The van der Waals surface area contributed by atoms with Crippen LogP contribution in [0.2, 0.25) is 0 Å². The summed E-state index contributed by atoms with van der Waals surface area (Å²) in [4.78, 5) is 46.4. The van der Waals surface area contributed by atoms with E-state index in [4.69, 9.17) is 17.0 Å². The number of nitrogens with one attached hydrogen (secondary N) is 1. The molecule has 3 amide bonds. The number of aromatic nitrogens is 2. The minimum absolute atomic E-state index is 0.0161. The number of thiocarbonyl (C=S) groups is 1. The molecule has 2 aromatic rings. The number of carbonyl (C=O) groups excluding carboxylic acids is 3. The summed E-state index contributed by atoms with van der Waals surface area (Å²) in [6.07, 6.45) is -4.65. The standard InChI is InChI=1S/C19H16F3N5O4S/c1-9-8-12(19(20,21)22)25-17(23-9)31-11-6-4-10(5-7-11)24-14(28)13-15(29)26(2)18(32)27(3)16(13)30/h4-8,13H,1-3H3,(H,24,28). The van der Waals surface area contributed by atoms with Crippen molar-refractivity contribution in [1.29, 1.82) is 0 Å². The van der Waals surface area contributed by atoms with Crippen LogP contribution in [0.1, 0.15) is 11.4 Å². The number of alkyl halides is 3. The second kappa shape index (κ2) is 8.49. The number of nitrogens with zero attached hydrogens (tertiary/aromatic N) is 4. The second-order valence-electron chi connectivity index (χ2n) is 6.80. The van der Waals surface area contributed by atoms with Gasteiger partial charge in [0.05, 0.1) is 0 Å². The van der Waals surface area contributed by atoms with Gasteiger partial charge in [-0.3, -0.25) is 24.2 Å². The number of aryl methyl sites for hydroxylation is 1. The minimum atomic E-state index is -4.65. The summed E-state index contributed by atoms with van der Waals surface area (Å²) >= 11 is 4.97. The number of hydrogen-bond donors (Lipinski definition) is 1. The van der Waals surface area contributed by atoms with Gasteiger partial charge >= 0.3 is 12.2 Å². The highest BCUT2D eigenvalue weighted by molar-refractivity contribution is 7.80. The zero-order chi connectivity index (χ0) is 23.8. The van der Waals surface area contributed by atoms with Gasteiger partial charge in [-0.15, -0.1) is 0 Å². The maximum Gasteiger partial charge on any atom is 0.433 e. The van der Waals surface area contributed by atoms with Crippen molar-refractivity contribution in [2.45, 2.75) is 13.1 Å². The molecular formula is C19H16F3N5O4S. The molecule has 1 aromatic carbocycles. The zero-order valence-electron chi connectivity index (χ0n) is 16.9. The Hall–Kier alpha value is -3.61. The third-order valence-electron chi connectivity index (χ3n) is 4.45. The van der Waals surface area contributed by atoms with E-state index in [1.54, 1.807) is 0 Å². The molecule has 2 heterocycles. The van der Waals surface area contributed by atoms with Crippen LogP contribution in [0.4, 0.5) is 18.9 Å². The molecule has 1 aromatic heterocycles. The number of rotatable bonds is 4. The molecule has 13 heteroatoms. The molecule has 0 aliphatic carbocycles. The molecule has 0 unspecified atom stereocenters. The molecule has 1 aliphatic heterocycles. The van der Waals surface area contributed by atoms with Crippen molar-refractivity contribution in [3.8, 4) is 11.8 Å². The first-order valence-corrected chi connectivity index (χ1v) is 9.40. The number of halogens is 3. The first kappa shape index (κ1) is 23.1. The predicted molar refractivity (Wildman–Crippen MR) is 109 cm³/mol. The molecule has 168 valence electrons. The zero-order valence-corrected chi connectivity index (χ0v) is 17.7. The van der Waals surface area contributed by atoms with E-state index in [0.717, 1.165) is 15.9 Å². The average molecular weight is 467 g/mol. The van der Waals surface area contributed by atoms with Crippen molar-refractivity contribution >= 4 is 40.7 Å². The lowest BCUT2D eigenvalue weighted by molar-refractivity contribution is -0.149. The number of amides is 3. The van der Waals surface area contributed by atoms with E-state index in [1.807, 2.05) is 0 Å². The maximum atomic E-state index is 12.9. The Labute approximate surface area is 185 Å². The van der Waals surface area contributed by atoms with Crippen LogP contribution in [0, 0.1) is 12.8 Å². The normalized spacial score (nSPS) is 15.2. The topological polar surface area (TPSA) is 105 Å². The highest BCUT2D eigenvalue weighted by Crippen LogP contribution is 2.30. The molecule has 0 radical (unpaired) electrons. The van der Waals surface area contributed by atoms with E-state index in [9.17, 15) is 27.6 Å². The Balaban J connectivity index is 1.72. The molecule has 1 aliphatic rings. The van der Waals surface area contributed by atoms with E-state index in [1.165, 1.54) is 45.3 Å². The highest BCUT2D eigenvalue weighted by atomic mass is 32.1. The Kier molecular flexibility index (Phi) is 6.12. The van der Waals surface area contributed by atoms with E-state index in [-0.39, 0.29) is 22.2 Å². The molecule has 1 N–H and O–H groups in total. The molecule has 0 spiro atoms. The predicted octanol–water partition coefficient (Wildman–Crippen LogP) is 2.37. The maximum absolute atomic E-state index is 12.9. The lowest BCUT2D eigenvalue weighted by Crippen LogP contribution is -2.59.